The summed E-state index contributed by atoms with van der Waals surface area (Å²) in [6.45, 7) is 2.69. The van der Waals surface area contributed by atoms with E-state index in [2.05, 4.69) is 5.32 Å². The SMILES string of the molecule is OCC1[C@@H]2CNC[C@H]1C2. The van der Waals surface area contributed by atoms with E-state index in [1.165, 1.54) is 6.42 Å². The number of aliphatic hydroxyl groups is 1. The summed E-state index contributed by atoms with van der Waals surface area (Å²) >= 11 is 0. The van der Waals surface area contributed by atoms with Gasteiger partial charge in [-0.2, -0.15) is 0 Å². The van der Waals surface area contributed by atoms with E-state index < -0.39 is 0 Å². The van der Waals surface area contributed by atoms with Crippen LogP contribution in [0.4, 0.5) is 0 Å². The summed E-state index contributed by atoms with van der Waals surface area (Å²) in [6.07, 6.45) is 1.36. The third kappa shape index (κ3) is 0.700. The molecule has 2 N–H and O–H groups in total. The van der Waals surface area contributed by atoms with Crippen LogP contribution in [0, 0.1) is 17.8 Å². The van der Waals surface area contributed by atoms with E-state index >= 15 is 0 Å². The fraction of sp³-hybridized carbons (Fsp3) is 1.00. The first-order valence-electron chi connectivity index (χ1n) is 3.73. The molecule has 0 aromatic heterocycles. The quantitative estimate of drug-likeness (QED) is 0.513. The molecule has 3 aliphatic rings. The van der Waals surface area contributed by atoms with Crippen molar-refractivity contribution in [1.82, 2.24) is 5.32 Å². The Hall–Kier alpha value is -0.0800. The van der Waals surface area contributed by atoms with Crippen LogP contribution in [0.25, 0.3) is 0 Å². The molecular formula is C7H13NO. The lowest BCUT2D eigenvalue weighted by Gasteiger charge is -2.49. The molecule has 3 fully saturated rings. The van der Waals surface area contributed by atoms with Crippen LogP contribution < -0.4 is 5.32 Å². The van der Waals surface area contributed by atoms with Crippen molar-refractivity contribution in [3.8, 4) is 0 Å². The second kappa shape index (κ2) is 1.96. The molecular weight excluding hydrogens is 114 g/mol. The highest BCUT2D eigenvalue weighted by Crippen LogP contribution is 2.41. The van der Waals surface area contributed by atoms with Crippen LogP contribution in [-0.2, 0) is 0 Å². The van der Waals surface area contributed by atoms with Crippen LogP contribution in [0.1, 0.15) is 6.42 Å². The van der Waals surface area contributed by atoms with Gasteiger partial charge in [-0.1, -0.05) is 0 Å². The molecule has 0 amide bonds. The summed E-state index contributed by atoms with van der Waals surface area (Å²) in [4.78, 5) is 0. The van der Waals surface area contributed by atoms with Crippen molar-refractivity contribution in [2.45, 2.75) is 6.42 Å². The zero-order valence-corrected chi connectivity index (χ0v) is 5.51. The number of rotatable bonds is 1. The minimum Gasteiger partial charge on any atom is -0.396 e. The Balaban J connectivity index is 1.97. The lowest BCUT2D eigenvalue weighted by molar-refractivity contribution is -0.00974. The lowest BCUT2D eigenvalue weighted by atomic mass is 9.63. The van der Waals surface area contributed by atoms with Crippen molar-refractivity contribution in [2.75, 3.05) is 19.7 Å². The highest BCUT2D eigenvalue weighted by atomic mass is 16.3. The Morgan fingerprint density at radius 2 is 2.00 bits per heavy atom. The smallest absolute Gasteiger partial charge is 0.0465 e. The number of hydrogen-bond acceptors (Lipinski definition) is 2. The molecule has 0 radical (unpaired) electrons. The second-order valence-electron chi connectivity index (χ2n) is 3.26. The van der Waals surface area contributed by atoms with Crippen molar-refractivity contribution in [2.24, 2.45) is 17.8 Å². The van der Waals surface area contributed by atoms with Gasteiger partial charge in [0.05, 0.1) is 0 Å². The standard InChI is InChI=1S/C7H13NO/c9-4-7-5-1-6(7)3-8-2-5/h5-9H,1-4H2/t5-,6+,7?. The van der Waals surface area contributed by atoms with Gasteiger partial charge in [0.25, 0.3) is 0 Å². The van der Waals surface area contributed by atoms with Crippen molar-refractivity contribution < 1.29 is 5.11 Å². The Bertz CT molecular complexity index is 101. The molecule has 1 unspecified atom stereocenters. The predicted molar refractivity (Wildman–Crippen MR) is 35.0 cm³/mol. The van der Waals surface area contributed by atoms with Gasteiger partial charge in [-0.05, 0) is 37.3 Å². The minimum atomic E-state index is 0.414. The van der Waals surface area contributed by atoms with E-state index in [1.807, 2.05) is 0 Å². The summed E-state index contributed by atoms with van der Waals surface area (Å²) in [5.74, 6) is 2.24. The van der Waals surface area contributed by atoms with Gasteiger partial charge in [0, 0.05) is 6.61 Å². The van der Waals surface area contributed by atoms with Gasteiger partial charge in [0.2, 0.25) is 0 Å². The lowest BCUT2D eigenvalue weighted by Crippen LogP contribution is -2.54. The van der Waals surface area contributed by atoms with Crippen molar-refractivity contribution in [1.29, 1.82) is 0 Å². The molecule has 2 saturated heterocycles. The third-order valence-corrected chi connectivity index (χ3v) is 2.84. The fourth-order valence-electron chi connectivity index (χ4n) is 2.15. The van der Waals surface area contributed by atoms with E-state index in [9.17, 15) is 0 Å². The van der Waals surface area contributed by atoms with Gasteiger partial charge in [0.15, 0.2) is 0 Å². The maximum atomic E-state index is 8.86. The molecule has 2 bridgehead atoms. The number of fused-ring (bicyclic) bond motifs is 2. The first kappa shape index (κ1) is 5.69. The Kier molecular flexibility index (Phi) is 1.24. The third-order valence-electron chi connectivity index (χ3n) is 2.84. The summed E-state index contributed by atoms with van der Waals surface area (Å²) < 4.78 is 0. The first-order valence-corrected chi connectivity index (χ1v) is 3.73. The molecule has 0 aromatic rings. The van der Waals surface area contributed by atoms with E-state index in [1.54, 1.807) is 0 Å². The average Bonchev–Trinajstić information content (AvgIpc) is 1.90. The number of nitrogens with one attached hydrogen (secondary N) is 1. The molecule has 9 heavy (non-hydrogen) atoms. The van der Waals surface area contributed by atoms with Gasteiger partial charge < -0.3 is 10.4 Å². The summed E-state index contributed by atoms with van der Waals surface area (Å²) in [6, 6.07) is 0. The minimum absolute atomic E-state index is 0.414. The van der Waals surface area contributed by atoms with Crippen LogP contribution in [0.2, 0.25) is 0 Å². The van der Waals surface area contributed by atoms with Crippen molar-refractivity contribution in [3.05, 3.63) is 0 Å². The molecule has 0 aromatic carbocycles. The molecule has 2 nitrogen and oxygen atoms in total. The maximum Gasteiger partial charge on any atom is 0.0465 e. The molecule has 1 saturated carbocycles. The molecule has 0 spiro atoms. The first-order chi connectivity index (χ1) is 4.42. The van der Waals surface area contributed by atoms with Crippen molar-refractivity contribution in [3.63, 3.8) is 0 Å². The van der Waals surface area contributed by atoms with Gasteiger partial charge in [0.1, 0.15) is 0 Å². The van der Waals surface area contributed by atoms with Gasteiger partial charge in [-0.25, -0.2) is 0 Å². The maximum absolute atomic E-state index is 8.86. The number of piperidine rings is 2. The molecule has 3 atom stereocenters. The molecule has 2 heteroatoms. The van der Waals surface area contributed by atoms with Crippen LogP contribution in [0.5, 0.6) is 0 Å². The zero-order valence-electron chi connectivity index (χ0n) is 5.51. The van der Waals surface area contributed by atoms with E-state index in [4.69, 9.17) is 5.11 Å². The van der Waals surface area contributed by atoms with E-state index in [-0.39, 0.29) is 0 Å². The van der Waals surface area contributed by atoms with E-state index in [0.29, 0.717) is 12.5 Å². The van der Waals surface area contributed by atoms with Gasteiger partial charge in [-0.3, -0.25) is 0 Å². The van der Waals surface area contributed by atoms with Gasteiger partial charge >= 0.3 is 0 Å². The largest absolute Gasteiger partial charge is 0.396 e. The van der Waals surface area contributed by atoms with Crippen molar-refractivity contribution >= 4 is 0 Å². The Morgan fingerprint density at radius 3 is 2.33 bits per heavy atom. The number of hydrogen-bond donors (Lipinski definition) is 2. The normalized spacial score (nSPS) is 48.3. The Labute approximate surface area is 55.3 Å². The zero-order chi connectivity index (χ0) is 6.27. The molecule has 2 heterocycles. The number of aliphatic hydroxyl groups excluding tert-OH is 1. The molecule has 3 rings (SSSR count). The van der Waals surface area contributed by atoms with Gasteiger partial charge in [-0.15, -0.1) is 0 Å². The van der Waals surface area contributed by atoms with Crippen LogP contribution >= 0.6 is 0 Å². The monoisotopic (exact) mass is 127 g/mol. The highest BCUT2D eigenvalue weighted by molar-refractivity contribution is 4.94. The summed E-state index contributed by atoms with van der Waals surface area (Å²) in [7, 11) is 0. The molecule has 52 valence electrons. The van der Waals surface area contributed by atoms with Crippen LogP contribution in [0.15, 0.2) is 0 Å². The predicted octanol–water partition coefficient (Wildman–Crippen LogP) is -0.166. The topological polar surface area (TPSA) is 32.3 Å². The van der Waals surface area contributed by atoms with Crippen LogP contribution in [0.3, 0.4) is 0 Å². The molecule has 2 aliphatic heterocycles. The summed E-state index contributed by atoms with van der Waals surface area (Å²) in [5, 5.41) is 12.2. The summed E-state index contributed by atoms with van der Waals surface area (Å²) in [5.41, 5.74) is 0. The van der Waals surface area contributed by atoms with Crippen LogP contribution in [-0.4, -0.2) is 24.8 Å². The Morgan fingerprint density at radius 1 is 1.33 bits per heavy atom. The average molecular weight is 127 g/mol. The second-order valence-corrected chi connectivity index (χ2v) is 3.26. The highest BCUT2D eigenvalue weighted by Gasteiger charge is 2.42. The molecule has 1 aliphatic carbocycles. The fourth-order valence-corrected chi connectivity index (χ4v) is 2.15. The van der Waals surface area contributed by atoms with E-state index in [0.717, 1.165) is 24.9 Å².